The van der Waals surface area contributed by atoms with Crippen molar-refractivity contribution in [3.05, 3.63) is 59.2 Å². The van der Waals surface area contributed by atoms with Gasteiger partial charge in [0.15, 0.2) is 0 Å². The Labute approximate surface area is 162 Å². The summed E-state index contributed by atoms with van der Waals surface area (Å²) in [4.78, 5) is 1.25. The lowest BCUT2D eigenvalue weighted by Gasteiger charge is -2.26. The number of fused-ring (bicyclic) bond motifs is 1. The zero-order chi connectivity index (χ0) is 18.4. The van der Waals surface area contributed by atoms with Crippen molar-refractivity contribution in [1.29, 1.82) is 0 Å². The highest BCUT2D eigenvalue weighted by Gasteiger charge is 2.21. The highest BCUT2D eigenvalue weighted by Crippen LogP contribution is 2.35. The average molecular weight is 370 g/mol. The quantitative estimate of drug-likeness (QED) is 0.630. The molecule has 0 bridgehead atoms. The molecule has 1 aliphatic rings. The van der Waals surface area contributed by atoms with Crippen LogP contribution < -0.4 is 10.5 Å². The van der Waals surface area contributed by atoms with Crippen molar-refractivity contribution in [2.75, 3.05) is 19.4 Å². The van der Waals surface area contributed by atoms with Gasteiger partial charge in [0.05, 0.1) is 7.11 Å². The van der Waals surface area contributed by atoms with Gasteiger partial charge in [-0.3, -0.25) is 0 Å². The van der Waals surface area contributed by atoms with Gasteiger partial charge in [-0.2, -0.15) is 0 Å². The monoisotopic (exact) mass is 369 g/mol. The van der Waals surface area contributed by atoms with E-state index in [-0.39, 0.29) is 0 Å². The largest absolute Gasteiger partial charge is 0.496 e. The minimum atomic E-state index is 0.518. The van der Waals surface area contributed by atoms with Crippen LogP contribution in [0.3, 0.4) is 0 Å². The van der Waals surface area contributed by atoms with Crippen molar-refractivity contribution < 1.29 is 4.74 Å². The highest BCUT2D eigenvalue weighted by atomic mass is 32.2. The lowest BCUT2D eigenvalue weighted by atomic mass is 9.82. The standard InChI is InChI=1S/C23H31NOS/c1-3-6-21(15-24)20-12-11-18-13-17(9-10-19(18)14-20)16-26-23-8-5-4-7-22(23)25-2/h4-5,7-8,11-12,14,17,21H,3,6,9-10,13,15-16,24H2,1-2H3. The Balaban J connectivity index is 1.63. The Morgan fingerprint density at radius 1 is 1.19 bits per heavy atom. The third-order valence-electron chi connectivity index (χ3n) is 5.50. The number of para-hydroxylation sites is 1. The molecule has 0 spiro atoms. The van der Waals surface area contributed by atoms with Gasteiger partial charge in [0.25, 0.3) is 0 Å². The predicted octanol–water partition coefficient (Wildman–Crippen LogP) is 5.43. The van der Waals surface area contributed by atoms with Gasteiger partial charge >= 0.3 is 0 Å². The molecule has 3 rings (SSSR count). The molecular weight excluding hydrogens is 338 g/mol. The van der Waals surface area contributed by atoms with Crippen molar-refractivity contribution in [2.45, 2.75) is 49.8 Å². The predicted molar refractivity (Wildman–Crippen MR) is 112 cm³/mol. The fourth-order valence-electron chi connectivity index (χ4n) is 3.96. The van der Waals surface area contributed by atoms with Gasteiger partial charge in [-0.05, 0) is 72.9 Å². The van der Waals surface area contributed by atoms with Crippen LogP contribution in [0.25, 0.3) is 0 Å². The fraction of sp³-hybridized carbons (Fsp3) is 0.478. The van der Waals surface area contributed by atoms with Crippen molar-refractivity contribution in [3.8, 4) is 5.75 Å². The summed E-state index contributed by atoms with van der Waals surface area (Å²) in [5.74, 6) is 3.40. The normalized spacial score (nSPS) is 17.6. The van der Waals surface area contributed by atoms with Crippen LogP contribution in [0.5, 0.6) is 5.75 Å². The van der Waals surface area contributed by atoms with Gasteiger partial charge in [0.1, 0.15) is 5.75 Å². The van der Waals surface area contributed by atoms with E-state index in [0.717, 1.165) is 24.0 Å². The van der Waals surface area contributed by atoms with Crippen LogP contribution in [-0.4, -0.2) is 19.4 Å². The molecule has 2 aromatic rings. The molecule has 1 aliphatic carbocycles. The van der Waals surface area contributed by atoms with Crippen LogP contribution in [-0.2, 0) is 12.8 Å². The van der Waals surface area contributed by atoms with Crippen molar-refractivity contribution in [3.63, 3.8) is 0 Å². The van der Waals surface area contributed by atoms with Crippen LogP contribution >= 0.6 is 11.8 Å². The van der Waals surface area contributed by atoms with Crippen molar-refractivity contribution in [1.82, 2.24) is 0 Å². The third kappa shape index (κ3) is 4.63. The van der Waals surface area contributed by atoms with E-state index in [1.165, 1.54) is 48.1 Å². The van der Waals surface area contributed by atoms with Gasteiger partial charge in [0.2, 0.25) is 0 Å². The average Bonchev–Trinajstić information content (AvgIpc) is 2.70. The zero-order valence-corrected chi connectivity index (χ0v) is 16.9. The summed E-state index contributed by atoms with van der Waals surface area (Å²) < 4.78 is 5.48. The molecule has 0 saturated heterocycles. The maximum Gasteiger partial charge on any atom is 0.132 e. The topological polar surface area (TPSA) is 35.2 Å². The summed E-state index contributed by atoms with van der Waals surface area (Å²) >= 11 is 1.93. The molecule has 0 aliphatic heterocycles. The minimum Gasteiger partial charge on any atom is -0.496 e. The number of ether oxygens (including phenoxy) is 1. The second kappa shape index (κ2) is 9.48. The summed E-state index contributed by atoms with van der Waals surface area (Å²) in [6.45, 7) is 3.00. The molecule has 140 valence electrons. The Kier molecular flexibility index (Phi) is 7.04. The second-order valence-corrected chi connectivity index (χ2v) is 8.38. The van der Waals surface area contributed by atoms with Crippen LogP contribution in [0, 0.1) is 5.92 Å². The molecule has 3 heteroatoms. The van der Waals surface area contributed by atoms with E-state index >= 15 is 0 Å². The first-order valence-electron chi connectivity index (χ1n) is 9.82. The smallest absolute Gasteiger partial charge is 0.132 e. The first-order chi connectivity index (χ1) is 12.7. The Hall–Kier alpha value is -1.45. The first kappa shape index (κ1) is 19.3. The fourth-order valence-corrected chi connectivity index (χ4v) is 5.13. The number of aryl methyl sites for hydroxylation is 1. The van der Waals surface area contributed by atoms with E-state index < -0.39 is 0 Å². The van der Waals surface area contributed by atoms with Crippen LogP contribution in [0.4, 0.5) is 0 Å². The van der Waals surface area contributed by atoms with Gasteiger partial charge < -0.3 is 10.5 Å². The first-order valence-corrected chi connectivity index (χ1v) is 10.8. The lowest BCUT2D eigenvalue weighted by molar-refractivity contribution is 0.404. The molecule has 0 aromatic heterocycles. The van der Waals surface area contributed by atoms with E-state index in [1.54, 1.807) is 12.7 Å². The lowest BCUT2D eigenvalue weighted by Crippen LogP contribution is -2.18. The van der Waals surface area contributed by atoms with E-state index in [9.17, 15) is 0 Å². The van der Waals surface area contributed by atoms with Crippen molar-refractivity contribution in [2.24, 2.45) is 11.7 Å². The molecule has 26 heavy (non-hydrogen) atoms. The molecular formula is C23H31NOS. The molecule has 2 unspecified atom stereocenters. The molecule has 2 nitrogen and oxygen atoms in total. The Morgan fingerprint density at radius 3 is 2.81 bits per heavy atom. The second-order valence-electron chi connectivity index (χ2n) is 7.32. The summed E-state index contributed by atoms with van der Waals surface area (Å²) in [5, 5.41) is 0. The summed E-state index contributed by atoms with van der Waals surface area (Å²) in [6, 6.07) is 15.4. The third-order valence-corrected chi connectivity index (χ3v) is 6.78. The van der Waals surface area contributed by atoms with Crippen molar-refractivity contribution >= 4 is 11.8 Å². The van der Waals surface area contributed by atoms with E-state index in [0.29, 0.717) is 5.92 Å². The van der Waals surface area contributed by atoms with Gasteiger partial charge in [-0.1, -0.05) is 43.7 Å². The molecule has 0 fully saturated rings. The van der Waals surface area contributed by atoms with Crippen LogP contribution in [0.2, 0.25) is 0 Å². The number of hydrogen-bond acceptors (Lipinski definition) is 3. The minimum absolute atomic E-state index is 0.518. The van der Waals surface area contributed by atoms with Gasteiger partial charge in [-0.15, -0.1) is 11.8 Å². The highest BCUT2D eigenvalue weighted by molar-refractivity contribution is 7.99. The van der Waals surface area contributed by atoms with E-state index in [4.69, 9.17) is 10.5 Å². The Morgan fingerprint density at radius 2 is 2.04 bits per heavy atom. The van der Waals surface area contributed by atoms with Gasteiger partial charge in [0, 0.05) is 10.6 Å². The maximum atomic E-state index is 5.99. The number of hydrogen-bond donors (Lipinski definition) is 1. The summed E-state index contributed by atoms with van der Waals surface area (Å²) in [6.07, 6.45) is 6.05. The van der Waals surface area contributed by atoms with Crippen LogP contribution in [0.15, 0.2) is 47.4 Å². The number of benzene rings is 2. The molecule has 2 N–H and O–H groups in total. The summed E-state index contributed by atoms with van der Waals surface area (Å²) in [7, 11) is 1.75. The van der Waals surface area contributed by atoms with E-state index in [1.807, 2.05) is 23.9 Å². The molecule has 0 saturated carbocycles. The molecule has 0 radical (unpaired) electrons. The number of thioether (sulfide) groups is 1. The maximum absolute atomic E-state index is 5.99. The zero-order valence-electron chi connectivity index (χ0n) is 16.0. The van der Waals surface area contributed by atoms with Crippen LogP contribution in [0.1, 0.15) is 48.8 Å². The molecule has 2 atom stereocenters. The Bertz CT molecular complexity index is 715. The summed E-state index contributed by atoms with van der Waals surface area (Å²) in [5.41, 5.74) is 10.5. The number of rotatable bonds is 8. The molecule has 0 amide bonds. The molecule has 2 aromatic carbocycles. The number of methoxy groups -OCH3 is 1. The number of nitrogens with two attached hydrogens (primary N) is 1. The SMILES string of the molecule is CCCC(CN)c1ccc2c(c1)CCC(CSc1ccccc1OC)C2. The van der Waals surface area contributed by atoms with E-state index in [2.05, 4.69) is 37.3 Å². The van der Waals surface area contributed by atoms with Gasteiger partial charge in [-0.25, -0.2) is 0 Å². The molecule has 0 heterocycles.